The van der Waals surface area contributed by atoms with E-state index < -0.39 is 0 Å². The van der Waals surface area contributed by atoms with Crippen molar-refractivity contribution in [2.75, 3.05) is 0 Å². The fourth-order valence-corrected chi connectivity index (χ4v) is 3.43. The molecule has 1 heterocycles. The number of halogens is 1. The van der Waals surface area contributed by atoms with Gasteiger partial charge in [-0.15, -0.1) is 0 Å². The molecule has 0 radical (unpaired) electrons. The standard InChI is InChI=1S/C16H21ClN2/c1-2-19-13(11-18-12-6-3-4-7-12)10-14-15(17)8-5-9-16(14)19/h5,8-10,12,18H,2-4,6-7,11H2,1H3. The Kier molecular flexibility index (Phi) is 3.81. The molecular formula is C16H21ClN2. The molecule has 102 valence electrons. The number of nitrogens with zero attached hydrogens (tertiary/aromatic N) is 1. The number of nitrogens with one attached hydrogen (secondary N) is 1. The van der Waals surface area contributed by atoms with Gasteiger partial charge in [-0.1, -0.05) is 30.5 Å². The molecule has 1 aliphatic rings. The molecule has 0 aliphatic heterocycles. The quantitative estimate of drug-likeness (QED) is 0.879. The normalized spacial score (nSPS) is 16.5. The maximum Gasteiger partial charge on any atom is 0.0499 e. The van der Waals surface area contributed by atoms with Gasteiger partial charge in [0.25, 0.3) is 0 Å². The van der Waals surface area contributed by atoms with Crippen LogP contribution < -0.4 is 5.32 Å². The molecule has 19 heavy (non-hydrogen) atoms. The number of fused-ring (bicyclic) bond motifs is 1. The van der Waals surface area contributed by atoms with E-state index in [1.807, 2.05) is 12.1 Å². The van der Waals surface area contributed by atoms with Crippen LogP contribution >= 0.6 is 11.6 Å². The van der Waals surface area contributed by atoms with Crippen molar-refractivity contribution in [1.29, 1.82) is 0 Å². The maximum atomic E-state index is 6.29. The van der Waals surface area contributed by atoms with E-state index in [1.54, 1.807) is 0 Å². The van der Waals surface area contributed by atoms with Crippen molar-refractivity contribution >= 4 is 22.5 Å². The van der Waals surface area contributed by atoms with E-state index in [0.29, 0.717) is 6.04 Å². The molecular weight excluding hydrogens is 256 g/mol. The highest BCUT2D eigenvalue weighted by molar-refractivity contribution is 6.35. The lowest BCUT2D eigenvalue weighted by Gasteiger charge is -2.13. The third kappa shape index (κ3) is 2.52. The van der Waals surface area contributed by atoms with Crippen molar-refractivity contribution < 1.29 is 0 Å². The predicted molar refractivity (Wildman–Crippen MR) is 81.7 cm³/mol. The molecule has 1 fully saturated rings. The lowest BCUT2D eigenvalue weighted by molar-refractivity contribution is 0.510. The van der Waals surface area contributed by atoms with Crippen molar-refractivity contribution in [2.24, 2.45) is 0 Å². The van der Waals surface area contributed by atoms with Crippen LogP contribution in [-0.4, -0.2) is 10.6 Å². The van der Waals surface area contributed by atoms with Crippen LogP contribution in [0.5, 0.6) is 0 Å². The maximum absolute atomic E-state index is 6.29. The van der Waals surface area contributed by atoms with Gasteiger partial charge in [0.15, 0.2) is 0 Å². The van der Waals surface area contributed by atoms with Gasteiger partial charge in [0.1, 0.15) is 0 Å². The van der Waals surface area contributed by atoms with Gasteiger partial charge in [-0.3, -0.25) is 0 Å². The molecule has 1 N–H and O–H groups in total. The Labute approximate surface area is 119 Å². The average Bonchev–Trinajstić information content (AvgIpc) is 3.03. The van der Waals surface area contributed by atoms with E-state index in [1.165, 1.54) is 42.3 Å². The summed E-state index contributed by atoms with van der Waals surface area (Å²) in [4.78, 5) is 0. The average molecular weight is 277 g/mol. The van der Waals surface area contributed by atoms with Crippen molar-refractivity contribution in [2.45, 2.75) is 51.7 Å². The number of aryl methyl sites for hydroxylation is 1. The van der Waals surface area contributed by atoms with Crippen LogP contribution in [0.2, 0.25) is 5.02 Å². The highest BCUT2D eigenvalue weighted by Crippen LogP contribution is 2.27. The Morgan fingerprint density at radius 2 is 2.11 bits per heavy atom. The van der Waals surface area contributed by atoms with Gasteiger partial charge in [0.2, 0.25) is 0 Å². The third-order valence-corrected chi connectivity index (χ3v) is 4.55. The minimum absolute atomic E-state index is 0.707. The molecule has 0 saturated heterocycles. The Bertz CT molecular complexity index is 567. The van der Waals surface area contributed by atoms with Gasteiger partial charge in [-0.2, -0.15) is 0 Å². The van der Waals surface area contributed by atoms with Crippen LogP contribution in [0.4, 0.5) is 0 Å². The molecule has 2 nitrogen and oxygen atoms in total. The summed E-state index contributed by atoms with van der Waals surface area (Å²) in [5.41, 5.74) is 2.59. The summed E-state index contributed by atoms with van der Waals surface area (Å²) >= 11 is 6.29. The van der Waals surface area contributed by atoms with E-state index >= 15 is 0 Å². The molecule has 0 unspecified atom stereocenters. The van der Waals surface area contributed by atoms with E-state index in [0.717, 1.165) is 18.1 Å². The van der Waals surface area contributed by atoms with Crippen LogP contribution in [0.25, 0.3) is 10.9 Å². The summed E-state index contributed by atoms with van der Waals surface area (Å²) in [5, 5.41) is 5.72. The first-order valence-electron chi connectivity index (χ1n) is 7.29. The molecule has 1 aromatic carbocycles. The van der Waals surface area contributed by atoms with Gasteiger partial charge < -0.3 is 9.88 Å². The molecule has 1 saturated carbocycles. The zero-order valence-corrected chi connectivity index (χ0v) is 12.2. The van der Waals surface area contributed by atoms with Crippen molar-refractivity contribution in [3.63, 3.8) is 0 Å². The van der Waals surface area contributed by atoms with Crippen LogP contribution in [-0.2, 0) is 13.1 Å². The lowest BCUT2D eigenvalue weighted by atomic mass is 10.2. The molecule has 0 bridgehead atoms. The molecule has 2 aromatic rings. The predicted octanol–water partition coefficient (Wildman–Crippen LogP) is 4.35. The highest BCUT2D eigenvalue weighted by atomic mass is 35.5. The fourth-order valence-electron chi connectivity index (χ4n) is 3.20. The number of hydrogen-bond acceptors (Lipinski definition) is 1. The first-order chi connectivity index (χ1) is 9.29. The molecule has 0 amide bonds. The van der Waals surface area contributed by atoms with Crippen LogP contribution in [0.1, 0.15) is 38.3 Å². The number of rotatable bonds is 4. The van der Waals surface area contributed by atoms with E-state index in [2.05, 4.69) is 28.9 Å². The first kappa shape index (κ1) is 13.0. The minimum atomic E-state index is 0.707. The second kappa shape index (κ2) is 5.56. The SMILES string of the molecule is CCn1c(CNC2CCCC2)cc2c(Cl)cccc21. The zero-order valence-electron chi connectivity index (χ0n) is 11.5. The van der Waals surface area contributed by atoms with Crippen molar-refractivity contribution in [1.82, 2.24) is 9.88 Å². The Morgan fingerprint density at radius 1 is 1.32 bits per heavy atom. The van der Waals surface area contributed by atoms with Gasteiger partial charge in [-0.25, -0.2) is 0 Å². The Morgan fingerprint density at radius 3 is 2.84 bits per heavy atom. The molecule has 1 aromatic heterocycles. The van der Waals surface area contributed by atoms with Crippen molar-refractivity contribution in [3.8, 4) is 0 Å². The zero-order chi connectivity index (χ0) is 13.2. The van der Waals surface area contributed by atoms with Crippen LogP contribution in [0.3, 0.4) is 0 Å². The summed E-state index contributed by atoms with van der Waals surface area (Å²) in [6.45, 7) is 4.13. The van der Waals surface area contributed by atoms with Gasteiger partial charge in [0.05, 0.1) is 0 Å². The number of hydrogen-bond donors (Lipinski definition) is 1. The summed E-state index contributed by atoms with van der Waals surface area (Å²) in [5.74, 6) is 0. The molecule has 3 rings (SSSR count). The van der Waals surface area contributed by atoms with Crippen LogP contribution in [0, 0.1) is 0 Å². The number of aromatic nitrogens is 1. The monoisotopic (exact) mass is 276 g/mol. The lowest BCUT2D eigenvalue weighted by Crippen LogP contribution is -2.26. The Balaban J connectivity index is 1.87. The largest absolute Gasteiger partial charge is 0.344 e. The van der Waals surface area contributed by atoms with Crippen molar-refractivity contribution in [3.05, 3.63) is 35.0 Å². The molecule has 0 atom stereocenters. The third-order valence-electron chi connectivity index (χ3n) is 4.22. The Hall–Kier alpha value is -0.990. The summed E-state index contributed by atoms with van der Waals surface area (Å²) in [7, 11) is 0. The van der Waals surface area contributed by atoms with Gasteiger partial charge >= 0.3 is 0 Å². The van der Waals surface area contributed by atoms with Gasteiger partial charge in [-0.05, 0) is 38.0 Å². The highest BCUT2D eigenvalue weighted by Gasteiger charge is 2.15. The molecule has 1 aliphatic carbocycles. The van der Waals surface area contributed by atoms with E-state index in [9.17, 15) is 0 Å². The van der Waals surface area contributed by atoms with Crippen LogP contribution in [0.15, 0.2) is 24.3 Å². The molecule has 0 spiro atoms. The first-order valence-corrected chi connectivity index (χ1v) is 7.67. The summed E-state index contributed by atoms with van der Waals surface area (Å²) in [6, 6.07) is 9.11. The summed E-state index contributed by atoms with van der Waals surface area (Å²) in [6.07, 6.45) is 5.40. The second-order valence-corrected chi connectivity index (χ2v) is 5.82. The smallest absolute Gasteiger partial charge is 0.0499 e. The minimum Gasteiger partial charge on any atom is -0.344 e. The number of benzene rings is 1. The van der Waals surface area contributed by atoms with E-state index in [-0.39, 0.29) is 0 Å². The fraction of sp³-hybridized carbons (Fsp3) is 0.500. The summed E-state index contributed by atoms with van der Waals surface area (Å²) < 4.78 is 2.36. The van der Waals surface area contributed by atoms with Gasteiger partial charge in [0, 0.05) is 40.8 Å². The second-order valence-electron chi connectivity index (χ2n) is 5.41. The van der Waals surface area contributed by atoms with E-state index in [4.69, 9.17) is 11.6 Å². The molecule has 3 heteroatoms. The topological polar surface area (TPSA) is 17.0 Å².